The molecule has 0 aliphatic rings. The lowest BCUT2D eigenvalue weighted by Crippen LogP contribution is -2.20. The Bertz CT molecular complexity index is 822. The number of rotatable bonds is 3. The lowest BCUT2D eigenvalue weighted by atomic mass is 10.1. The van der Waals surface area contributed by atoms with Crippen LogP contribution in [0.25, 0.3) is 0 Å². The average molecular weight is 375 g/mol. The van der Waals surface area contributed by atoms with E-state index in [1.807, 2.05) is 19.2 Å². The highest BCUT2D eigenvalue weighted by Gasteiger charge is 2.37. The fourth-order valence-corrected chi connectivity index (χ4v) is 1.82. The van der Waals surface area contributed by atoms with Crippen LogP contribution < -0.4 is 11.1 Å². The summed E-state index contributed by atoms with van der Waals surface area (Å²) >= 11 is 0. The number of primary amides is 1. The third-order valence-corrected chi connectivity index (χ3v) is 2.89. The van der Waals surface area contributed by atoms with Crippen LogP contribution in [0.5, 0.6) is 0 Å². The number of amides is 2. The Labute approximate surface area is 145 Å². The molecular weight excluding hydrogens is 361 g/mol. The number of anilines is 1. The number of nitrogens with two attached hydrogens (primary N) is 1. The number of nitrogens with zero attached hydrogens (tertiary/aromatic N) is 1. The van der Waals surface area contributed by atoms with E-state index in [0.717, 1.165) is 18.3 Å². The number of hydrogen-bond acceptors (Lipinski definition) is 3. The highest BCUT2D eigenvalue weighted by Crippen LogP contribution is 2.33. The molecule has 140 valence electrons. The molecule has 0 fully saturated rings. The lowest BCUT2D eigenvalue weighted by Gasteiger charge is -2.12. The zero-order valence-electron chi connectivity index (χ0n) is 13.6. The number of benzene rings is 1. The van der Waals surface area contributed by atoms with E-state index < -0.39 is 40.8 Å². The quantitative estimate of drug-likeness (QED) is 0.801. The summed E-state index contributed by atoms with van der Waals surface area (Å²) in [5.74, 6) is -5.90. The van der Waals surface area contributed by atoms with Crippen molar-refractivity contribution in [2.24, 2.45) is 5.73 Å². The predicted molar refractivity (Wildman–Crippen MR) is 83.4 cm³/mol. The average Bonchev–Trinajstić information content (AvgIpc) is 2.55. The van der Waals surface area contributed by atoms with E-state index in [1.54, 1.807) is 0 Å². The molecule has 3 N–H and O–H groups in total. The van der Waals surface area contributed by atoms with Crippen LogP contribution in [0.4, 0.5) is 27.6 Å². The van der Waals surface area contributed by atoms with Crippen molar-refractivity contribution in [3.63, 3.8) is 0 Å². The van der Waals surface area contributed by atoms with Gasteiger partial charge in [-0.15, -0.1) is 0 Å². The minimum absolute atomic E-state index is 0.125. The molecule has 2 amide bonds. The van der Waals surface area contributed by atoms with Gasteiger partial charge in [0, 0.05) is 11.9 Å². The van der Waals surface area contributed by atoms with Crippen molar-refractivity contribution in [1.29, 1.82) is 0 Å². The Balaban J connectivity index is 0.00000163. The number of alkyl halides is 3. The molecule has 0 unspecified atom stereocenters. The van der Waals surface area contributed by atoms with Gasteiger partial charge in [-0.2, -0.15) is 13.2 Å². The number of nitrogens with one attached hydrogen (secondary N) is 1. The van der Waals surface area contributed by atoms with Crippen molar-refractivity contribution in [2.75, 3.05) is 5.32 Å². The van der Waals surface area contributed by atoms with E-state index in [-0.39, 0.29) is 17.4 Å². The third-order valence-electron chi connectivity index (χ3n) is 2.89. The van der Waals surface area contributed by atoms with E-state index in [0.29, 0.717) is 6.07 Å². The first-order valence-corrected chi connectivity index (χ1v) is 7.23. The molecule has 0 aliphatic carbocycles. The number of pyridine rings is 1. The van der Waals surface area contributed by atoms with E-state index in [9.17, 15) is 31.5 Å². The van der Waals surface area contributed by atoms with Crippen molar-refractivity contribution >= 4 is 17.5 Å². The predicted octanol–water partition coefficient (Wildman–Crippen LogP) is 3.76. The lowest BCUT2D eigenvalue weighted by molar-refractivity contribution is -0.140. The van der Waals surface area contributed by atoms with Gasteiger partial charge in [-0.1, -0.05) is 13.8 Å². The van der Waals surface area contributed by atoms with Crippen LogP contribution in [0.15, 0.2) is 30.5 Å². The third kappa shape index (κ3) is 4.74. The van der Waals surface area contributed by atoms with E-state index in [2.05, 4.69) is 4.98 Å². The van der Waals surface area contributed by atoms with E-state index >= 15 is 0 Å². The molecule has 1 heterocycles. The first-order valence-electron chi connectivity index (χ1n) is 7.23. The number of hydrogen-bond donors (Lipinski definition) is 2. The van der Waals surface area contributed by atoms with Crippen LogP contribution in [-0.4, -0.2) is 16.8 Å². The Kier molecular flexibility index (Phi) is 6.76. The van der Waals surface area contributed by atoms with Gasteiger partial charge < -0.3 is 11.1 Å². The summed E-state index contributed by atoms with van der Waals surface area (Å²) in [6.07, 6.45) is -4.02. The molecule has 5 nitrogen and oxygen atoms in total. The van der Waals surface area contributed by atoms with Crippen LogP contribution in [0.3, 0.4) is 0 Å². The van der Waals surface area contributed by atoms with Crippen LogP contribution >= 0.6 is 0 Å². The maximum Gasteiger partial charge on any atom is 0.419 e. The molecule has 0 radical (unpaired) electrons. The molecule has 0 saturated heterocycles. The number of halogens is 5. The van der Waals surface area contributed by atoms with Crippen molar-refractivity contribution in [3.05, 3.63) is 58.9 Å². The minimum atomic E-state index is -5.09. The zero-order valence-corrected chi connectivity index (χ0v) is 13.6. The summed E-state index contributed by atoms with van der Waals surface area (Å²) in [4.78, 5) is 26.5. The largest absolute Gasteiger partial charge is 0.419 e. The normalized spacial score (nSPS) is 10.6. The second-order valence-electron chi connectivity index (χ2n) is 4.53. The van der Waals surface area contributed by atoms with Crippen molar-refractivity contribution < 1.29 is 31.5 Å². The fourth-order valence-electron chi connectivity index (χ4n) is 1.82. The Morgan fingerprint density at radius 1 is 1.12 bits per heavy atom. The smallest absolute Gasteiger partial charge is 0.364 e. The second kappa shape index (κ2) is 8.37. The molecule has 2 aromatic rings. The Hall–Kier alpha value is -3.04. The molecule has 0 saturated carbocycles. The van der Waals surface area contributed by atoms with Gasteiger partial charge in [0.05, 0.1) is 5.56 Å². The van der Waals surface area contributed by atoms with Gasteiger partial charge in [-0.25, -0.2) is 8.78 Å². The zero-order chi connectivity index (χ0) is 20.1. The topological polar surface area (TPSA) is 85.1 Å². The van der Waals surface area contributed by atoms with Gasteiger partial charge >= 0.3 is 6.18 Å². The first-order chi connectivity index (χ1) is 12.1. The van der Waals surface area contributed by atoms with E-state index in [1.165, 1.54) is 0 Å². The fraction of sp³-hybridized carbons (Fsp3) is 0.188. The maximum absolute atomic E-state index is 13.9. The van der Waals surface area contributed by atoms with Gasteiger partial charge in [-0.3, -0.25) is 14.6 Å². The van der Waals surface area contributed by atoms with Crippen molar-refractivity contribution in [3.8, 4) is 0 Å². The molecule has 1 aromatic carbocycles. The van der Waals surface area contributed by atoms with Crippen molar-refractivity contribution in [1.82, 2.24) is 4.98 Å². The van der Waals surface area contributed by atoms with Crippen LogP contribution in [0.2, 0.25) is 0 Å². The number of carbonyl (C=O) groups excluding carboxylic acids is 2. The highest BCUT2D eigenvalue weighted by molar-refractivity contribution is 6.05. The monoisotopic (exact) mass is 375 g/mol. The molecule has 26 heavy (non-hydrogen) atoms. The van der Waals surface area contributed by atoms with Gasteiger partial charge in [0.1, 0.15) is 17.1 Å². The standard InChI is InChI=1S/C14H8F5N3O2.C2H6/c15-8-2-1-7(14(17,18)19)11(16)10(8)13(24)22-6-3-4-21-9(5-6)12(20)23;1-2/h1-5H,(H2,20,23)(H,21,22,24);1-2H3. The van der Waals surface area contributed by atoms with Crippen LogP contribution in [-0.2, 0) is 6.18 Å². The summed E-state index contributed by atoms with van der Waals surface area (Å²) in [5.41, 5.74) is 1.43. The first kappa shape index (κ1) is 21.0. The summed E-state index contributed by atoms with van der Waals surface area (Å²) in [6, 6.07) is 2.69. The van der Waals surface area contributed by atoms with Gasteiger partial charge in [0.25, 0.3) is 11.8 Å². The molecule has 0 bridgehead atoms. The summed E-state index contributed by atoms with van der Waals surface area (Å²) in [6.45, 7) is 4.00. The van der Waals surface area contributed by atoms with E-state index in [4.69, 9.17) is 5.73 Å². The summed E-state index contributed by atoms with van der Waals surface area (Å²) in [7, 11) is 0. The minimum Gasteiger partial charge on any atom is -0.364 e. The molecule has 2 rings (SSSR count). The summed E-state index contributed by atoms with van der Waals surface area (Å²) < 4.78 is 65.4. The van der Waals surface area contributed by atoms with Gasteiger partial charge in [0.15, 0.2) is 5.82 Å². The SMILES string of the molecule is CC.NC(=O)c1cc(NC(=O)c2c(F)ccc(C(F)(F)F)c2F)ccn1. The van der Waals surface area contributed by atoms with Gasteiger partial charge in [0.2, 0.25) is 0 Å². The van der Waals surface area contributed by atoms with Crippen LogP contribution in [0.1, 0.15) is 40.3 Å². The molecular formula is C16H14F5N3O2. The summed E-state index contributed by atoms with van der Waals surface area (Å²) in [5, 5.41) is 1.98. The number of carbonyl (C=O) groups is 2. The van der Waals surface area contributed by atoms with Crippen molar-refractivity contribution in [2.45, 2.75) is 20.0 Å². The van der Waals surface area contributed by atoms with Gasteiger partial charge in [-0.05, 0) is 24.3 Å². The highest BCUT2D eigenvalue weighted by atomic mass is 19.4. The number of aromatic nitrogens is 1. The van der Waals surface area contributed by atoms with Crippen LogP contribution in [0, 0.1) is 11.6 Å². The molecule has 1 aromatic heterocycles. The Morgan fingerprint density at radius 3 is 2.27 bits per heavy atom. The Morgan fingerprint density at radius 2 is 1.73 bits per heavy atom. The second-order valence-corrected chi connectivity index (χ2v) is 4.53. The molecule has 10 heteroatoms. The molecule has 0 aliphatic heterocycles. The molecule has 0 spiro atoms. The maximum atomic E-state index is 13.9. The molecule has 0 atom stereocenters.